The minimum atomic E-state index is -4.34. The van der Waals surface area contributed by atoms with Crippen LogP contribution in [0, 0.1) is 0 Å². The molecule has 0 aliphatic carbocycles. The van der Waals surface area contributed by atoms with E-state index < -0.39 is 11.7 Å². The van der Waals surface area contributed by atoms with Crippen molar-refractivity contribution >= 4 is 24.2 Å². The van der Waals surface area contributed by atoms with Crippen molar-refractivity contribution in [2.75, 3.05) is 12.3 Å². The third kappa shape index (κ3) is 5.69. The lowest BCUT2D eigenvalue weighted by molar-refractivity contribution is -0.138. The normalized spacial score (nSPS) is 11.2. The Morgan fingerprint density at radius 2 is 1.70 bits per heavy atom. The van der Waals surface area contributed by atoms with Gasteiger partial charge in [-0.3, -0.25) is 0 Å². The van der Waals surface area contributed by atoms with Gasteiger partial charge in [-0.25, -0.2) is 0 Å². The number of alkyl halides is 3. The van der Waals surface area contributed by atoms with Gasteiger partial charge in [0.15, 0.2) is 0 Å². The first-order valence-electron chi connectivity index (χ1n) is 7.88. The number of rotatable bonds is 7. The zero-order valence-corrected chi connectivity index (χ0v) is 15.7. The van der Waals surface area contributed by atoms with E-state index in [1.165, 1.54) is 23.9 Å². The van der Waals surface area contributed by atoms with Crippen molar-refractivity contribution < 1.29 is 13.2 Å². The molecule has 0 aliphatic rings. The molecule has 0 aliphatic heterocycles. The molecule has 2 aromatic carbocycles. The zero-order valence-electron chi connectivity index (χ0n) is 14.1. The van der Waals surface area contributed by atoms with Crippen molar-refractivity contribution in [2.24, 2.45) is 0 Å². The van der Waals surface area contributed by atoms with E-state index in [9.17, 15) is 13.2 Å². The van der Waals surface area contributed by atoms with E-state index in [0.29, 0.717) is 17.5 Å². The Labute approximate surface area is 164 Å². The molecular formula is C17H17ClF3N5S. The van der Waals surface area contributed by atoms with Gasteiger partial charge in [-0.1, -0.05) is 48.2 Å². The highest BCUT2D eigenvalue weighted by Gasteiger charge is 2.32. The molecule has 0 spiro atoms. The second-order valence-corrected chi connectivity index (χ2v) is 6.45. The lowest BCUT2D eigenvalue weighted by Crippen LogP contribution is -2.20. The number of tetrazole rings is 1. The molecule has 144 valence electrons. The number of aromatic nitrogens is 4. The van der Waals surface area contributed by atoms with E-state index in [4.69, 9.17) is 0 Å². The van der Waals surface area contributed by atoms with Crippen LogP contribution in [0.25, 0.3) is 5.69 Å². The summed E-state index contributed by atoms with van der Waals surface area (Å²) in [4.78, 5) is 0. The monoisotopic (exact) mass is 415 g/mol. The molecule has 5 nitrogen and oxygen atoms in total. The van der Waals surface area contributed by atoms with Crippen molar-refractivity contribution in [2.45, 2.75) is 17.9 Å². The Hall–Kier alpha value is -2.10. The van der Waals surface area contributed by atoms with Crippen molar-refractivity contribution in [3.8, 4) is 5.69 Å². The Kier molecular flexibility index (Phi) is 7.64. The van der Waals surface area contributed by atoms with Crippen LogP contribution in [0.2, 0.25) is 0 Å². The molecule has 10 heteroatoms. The SMILES string of the molecule is Cl.FC(F)(F)c1ccccc1CNCCSc1nnnn1-c1ccccc1. The zero-order chi connectivity index (χ0) is 18.4. The van der Waals surface area contributed by atoms with Crippen molar-refractivity contribution in [3.63, 3.8) is 0 Å². The Morgan fingerprint density at radius 1 is 1.00 bits per heavy atom. The van der Waals surface area contributed by atoms with Crippen LogP contribution in [0.15, 0.2) is 59.8 Å². The van der Waals surface area contributed by atoms with E-state index in [0.717, 1.165) is 11.8 Å². The number of hydrogen-bond donors (Lipinski definition) is 1. The highest BCUT2D eigenvalue weighted by Crippen LogP contribution is 2.31. The fourth-order valence-corrected chi connectivity index (χ4v) is 3.18. The number of nitrogens with one attached hydrogen (secondary N) is 1. The van der Waals surface area contributed by atoms with E-state index in [-0.39, 0.29) is 24.5 Å². The lowest BCUT2D eigenvalue weighted by Gasteiger charge is -2.13. The number of para-hydroxylation sites is 1. The van der Waals surface area contributed by atoms with Gasteiger partial charge in [0, 0.05) is 18.8 Å². The quantitative estimate of drug-likeness (QED) is 0.467. The first kappa shape index (κ1) is 21.2. The first-order chi connectivity index (χ1) is 12.6. The van der Waals surface area contributed by atoms with Gasteiger partial charge < -0.3 is 5.32 Å². The fourth-order valence-electron chi connectivity index (χ4n) is 2.39. The van der Waals surface area contributed by atoms with Crippen LogP contribution in [-0.2, 0) is 12.7 Å². The molecule has 0 saturated carbocycles. The molecule has 3 aromatic rings. The topological polar surface area (TPSA) is 55.6 Å². The fraction of sp³-hybridized carbons (Fsp3) is 0.235. The van der Waals surface area contributed by atoms with E-state index in [2.05, 4.69) is 20.8 Å². The van der Waals surface area contributed by atoms with Crippen molar-refractivity contribution in [3.05, 3.63) is 65.7 Å². The standard InChI is InChI=1S/C17H16F3N5S.ClH/c18-17(19,20)15-9-5-4-6-13(15)12-21-10-11-26-16-22-23-24-25(16)14-7-2-1-3-8-14;/h1-9,21H,10-12H2;1H. The second-order valence-electron chi connectivity index (χ2n) is 5.39. The minimum absolute atomic E-state index is 0. The summed E-state index contributed by atoms with van der Waals surface area (Å²) >= 11 is 1.44. The summed E-state index contributed by atoms with van der Waals surface area (Å²) in [5.74, 6) is 0.626. The molecular weight excluding hydrogens is 399 g/mol. The molecule has 27 heavy (non-hydrogen) atoms. The molecule has 0 amide bonds. The van der Waals surface area contributed by atoms with Crippen molar-refractivity contribution in [1.29, 1.82) is 0 Å². The molecule has 1 heterocycles. The van der Waals surface area contributed by atoms with Crippen LogP contribution >= 0.6 is 24.2 Å². The Balaban J connectivity index is 0.00000261. The Bertz CT molecular complexity index is 842. The van der Waals surface area contributed by atoms with Crippen LogP contribution in [-0.4, -0.2) is 32.5 Å². The maximum Gasteiger partial charge on any atom is 0.416 e. The summed E-state index contributed by atoms with van der Waals surface area (Å²) in [7, 11) is 0. The van der Waals surface area contributed by atoms with E-state index in [1.54, 1.807) is 10.7 Å². The minimum Gasteiger partial charge on any atom is -0.312 e. The molecule has 0 radical (unpaired) electrons. The number of benzene rings is 2. The van der Waals surface area contributed by atoms with Gasteiger partial charge in [0.25, 0.3) is 0 Å². The molecule has 1 aromatic heterocycles. The lowest BCUT2D eigenvalue weighted by atomic mass is 10.1. The van der Waals surface area contributed by atoms with Crippen molar-refractivity contribution in [1.82, 2.24) is 25.5 Å². The van der Waals surface area contributed by atoms with Crippen LogP contribution < -0.4 is 5.32 Å². The first-order valence-corrected chi connectivity index (χ1v) is 8.86. The van der Waals surface area contributed by atoms with Gasteiger partial charge >= 0.3 is 6.18 Å². The number of thioether (sulfide) groups is 1. The molecule has 0 atom stereocenters. The average Bonchev–Trinajstić information content (AvgIpc) is 3.10. The molecule has 3 rings (SSSR count). The Morgan fingerprint density at radius 3 is 2.44 bits per heavy atom. The van der Waals surface area contributed by atoms with Gasteiger partial charge in [0.05, 0.1) is 11.3 Å². The summed E-state index contributed by atoms with van der Waals surface area (Å²) in [6.45, 7) is 0.679. The van der Waals surface area contributed by atoms with Gasteiger partial charge in [-0.15, -0.1) is 17.5 Å². The van der Waals surface area contributed by atoms with Gasteiger partial charge in [0.1, 0.15) is 0 Å². The summed E-state index contributed by atoms with van der Waals surface area (Å²) in [6, 6.07) is 15.1. The molecule has 1 N–H and O–H groups in total. The molecule has 0 unspecified atom stereocenters. The average molecular weight is 416 g/mol. The summed E-state index contributed by atoms with van der Waals surface area (Å²) in [5, 5.41) is 15.3. The van der Waals surface area contributed by atoms with Crippen LogP contribution in [0.4, 0.5) is 13.2 Å². The molecule has 0 bridgehead atoms. The van der Waals surface area contributed by atoms with Gasteiger partial charge in [-0.05, 0) is 34.2 Å². The third-order valence-electron chi connectivity index (χ3n) is 3.59. The van der Waals surface area contributed by atoms with Crippen LogP contribution in [0.5, 0.6) is 0 Å². The van der Waals surface area contributed by atoms with Crippen LogP contribution in [0.3, 0.4) is 0 Å². The third-order valence-corrected chi connectivity index (χ3v) is 4.51. The van der Waals surface area contributed by atoms with E-state index in [1.807, 2.05) is 30.3 Å². The smallest absolute Gasteiger partial charge is 0.312 e. The maximum atomic E-state index is 13.0. The van der Waals surface area contributed by atoms with Crippen LogP contribution in [0.1, 0.15) is 11.1 Å². The summed E-state index contributed by atoms with van der Waals surface area (Å²) in [5.41, 5.74) is 0.486. The largest absolute Gasteiger partial charge is 0.416 e. The molecule has 0 saturated heterocycles. The predicted molar refractivity (Wildman–Crippen MR) is 100 cm³/mol. The highest BCUT2D eigenvalue weighted by molar-refractivity contribution is 7.99. The number of halogens is 4. The number of hydrogen-bond acceptors (Lipinski definition) is 5. The second kappa shape index (κ2) is 9.72. The highest BCUT2D eigenvalue weighted by atomic mass is 35.5. The number of nitrogens with zero attached hydrogens (tertiary/aromatic N) is 4. The summed E-state index contributed by atoms with van der Waals surface area (Å²) < 4.78 is 40.5. The van der Waals surface area contributed by atoms with Gasteiger partial charge in [-0.2, -0.15) is 17.9 Å². The summed E-state index contributed by atoms with van der Waals surface area (Å²) in [6.07, 6.45) is -4.34. The predicted octanol–water partition coefficient (Wildman–Crippen LogP) is 3.98. The van der Waals surface area contributed by atoms with Gasteiger partial charge in [0.2, 0.25) is 5.16 Å². The maximum absolute atomic E-state index is 13.0. The van der Waals surface area contributed by atoms with E-state index >= 15 is 0 Å². The molecule has 0 fully saturated rings.